The lowest BCUT2D eigenvalue weighted by Gasteiger charge is -2.19. The third-order valence-electron chi connectivity index (χ3n) is 5.61. The molecule has 11 heteroatoms. The molecule has 8 nitrogen and oxygen atoms in total. The number of hydrogen-bond donors (Lipinski definition) is 2. The summed E-state index contributed by atoms with van der Waals surface area (Å²) >= 11 is 1.19. The largest absolute Gasteiger partial charge is 0.349 e. The van der Waals surface area contributed by atoms with E-state index < -0.39 is 29.1 Å². The van der Waals surface area contributed by atoms with E-state index in [9.17, 15) is 23.2 Å². The van der Waals surface area contributed by atoms with E-state index in [1.54, 1.807) is 5.38 Å². The molecule has 2 N–H and O–H groups in total. The Morgan fingerprint density at radius 3 is 2.57 bits per heavy atom. The van der Waals surface area contributed by atoms with Crippen LogP contribution in [0.2, 0.25) is 0 Å². The summed E-state index contributed by atoms with van der Waals surface area (Å²) in [5.41, 5.74) is 0.342. The molecule has 178 valence electrons. The summed E-state index contributed by atoms with van der Waals surface area (Å²) in [5, 5.41) is 7.71. The fourth-order valence-electron chi connectivity index (χ4n) is 3.74. The number of thiazole rings is 1. The molecule has 2 heterocycles. The average Bonchev–Trinajstić information content (AvgIpc) is 3.49. The van der Waals surface area contributed by atoms with E-state index in [0.717, 1.165) is 35.6 Å². The number of nitrogens with one attached hydrogen (secondary N) is 2. The Balaban J connectivity index is 1.52. The van der Waals surface area contributed by atoms with Gasteiger partial charge in [-0.25, -0.2) is 18.7 Å². The summed E-state index contributed by atoms with van der Waals surface area (Å²) in [4.78, 5) is 47.2. The topological polar surface area (TPSA) is 106 Å². The number of benzene rings is 2. The van der Waals surface area contributed by atoms with Crippen LogP contribution in [-0.2, 0) is 11.2 Å². The zero-order valence-corrected chi connectivity index (χ0v) is 19.0. The Kier molecular flexibility index (Phi) is 6.08. The molecule has 0 saturated heterocycles. The van der Waals surface area contributed by atoms with Gasteiger partial charge < -0.3 is 10.6 Å². The number of carbonyl (C=O) groups excluding carboxylic acids is 2. The summed E-state index contributed by atoms with van der Waals surface area (Å²) in [6.45, 7) is 0. The summed E-state index contributed by atoms with van der Waals surface area (Å²) in [7, 11) is 0. The second-order valence-corrected chi connectivity index (χ2v) is 9.16. The van der Waals surface area contributed by atoms with Crippen LogP contribution < -0.4 is 16.2 Å². The molecule has 1 fully saturated rings. The third-order valence-corrected chi connectivity index (χ3v) is 6.30. The molecule has 0 spiro atoms. The molecule has 1 aliphatic carbocycles. The van der Waals surface area contributed by atoms with Crippen LogP contribution in [0.25, 0.3) is 10.9 Å². The van der Waals surface area contributed by atoms with Crippen LogP contribution in [0.1, 0.15) is 34.8 Å². The SMILES string of the molecule is O=C(NC1CC1)c1ccc2c(=O)n(C(Cc3cc(F)cc(F)c3)C(=O)Nc3nccs3)cnc2c1. The van der Waals surface area contributed by atoms with Crippen LogP contribution in [0, 0.1) is 11.6 Å². The van der Waals surface area contributed by atoms with Crippen molar-refractivity contribution in [2.24, 2.45) is 0 Å². The summed E-state index contributed by atoms with van der Waals surface area (Å²) < 4.78 is 28.7. The number of fused-ring (bicyclic) bond motifs is 1. The van der Waals surface area contributed by atoms with Crippen molar-refractivity contribution >= 4 is 39.2 Å². The molecular weight excluding hydrogens is 476 g/mol. The number of halogens is 2. The smallest absolute Gasteiger partial charge is 0.261 e. The maximum absolute atomic E-state index is 13.8. The molecule has 35 heavy (non-hydrogen) atoms. The molecule has 1 unspecified atom stereocenters. The fraction of sp³-hybridized carbons (Fsp3) is 0.208. The number of rotatable bonds is 7. The van der Waals surface area contributed by atoms with Crippen LogP contribution in [0.15, 0.2) is 59.1 Å². The lowest BCUT2D eigenvalue weighted by Crippen LogP contribution is -2.35. The van der Waals surface area contributed by atoms with Crippen molar-refractivity contribution in [3.05, 3.63) is 87.4 Å². The lowest BCUT2D eigenvalue weighted by atomic mass is 10.0. The van der Waals surface area contributed by atoms with Gasteiger partial charge in [-0.3, -0.25) is 19.0 Å². The van der Waals surface area contributed by atoms with Crippen molar-refractivity contribution in [1.29, 1.82) is 0 Å². The molecule has 4 aromatic rings. The Morgan fingerprint density at radius 1 is 1.11 bits per heavy atom. The van der Waals surface area contributed by atoms with Gasteiger partial charge in [-0.2, -0.15) is 0 Å². The quantitative estimate of drug-likeness (QED) is 0.409. The van der Waals surface area contributed by atoms with Gasteiger partial charge in [0.15, 0.2) is 5.13 Å². The van der Waals surface area contributed by atoms with Gasteiger partial charge in [0.1, 0.15) is 17.7 Å². The van der Waals surface area contributed by atoms with Crippen molar-refractivity contribution < 1.29 is 18.4 Å². The van der Waals surface area contributed by atoms with Crippen molar-refractivity contribution in [3.8, 4) is 0 Å². The highest BCUT2D eigenvalue weighted by Gasteiger charge is 2.26. The van der Waals surface area contributed by atoms with Gasteiger partial charge in [0.25, 0.3) is 11.5 Å². The van der Waals surface area contributed by atoms with Crippen molar-refractivity contribution in [2.75, 3.05) is 5.32 Å². The second kappa shape index (κ2) is 9.34. The molecule has 2 amide bonds. The average molecular weight is 496 g/mol. The van der Waals surface area contributed by atoms with Gasteiger partial charge in [0.05, 0.1) is 17.2 Å². The Bertz CT molecular complexity index is 1460. The van der Waals surface area contributed by atoms with E-state index >= 15 is 0 Å². The minimum Gasteiger partial charge on any atom is -0.349 e. The minimum absolute atomic E-state index is 0.166. The van der Waals surface area contributed by atoms with Gasteiger partial charge in [-0.15, -0.1) is 11.3 Å². The van der Waals surface area contributed by atoms with Crippen molar-refractivity contribution in [2.45, 2.75) is 31.3 Å². The number of hydrogen-bond acceptors (Lipinski definition) is 6. The molecular formula is C24H19F2N5O3S. The molecule has 1 saturated carbocycles. The first-order chi connectivity index (χ1) is 16.9. The highest BCUT2D eigenvalue weighted by molar-refractivity contribution is 7.13. The molecule has 1 atom stereocenters. The van der Waals surface area contributed by atoms with Gasteiger partial charge >= 0.3 is 0 Å². The van der Waals surface area contributed by atoms with Gasteiger partial charge in [0.2, 0.25) is 5.91 Å². The lowest BCUT2D eigenvalue weighted by molar-refractivity contribution is -0.119. The number of nitrogens with zero attached hydrogens (tertiary/aromatic N) is 3. The summed E-state index contributed by atoms with van der Waals surface area (Å²) in [6.07, 6.45) is 4.44. The predicted octanol–water partition coefficient (Wildman–Crippen LogP) is 3.45. The minimum atomic E-state index is -1.16. The van der Waals surface area contributed by atoms with E-state index in [-0.39, 0.29) is 29.3 Å². The van der Waals surface area contributed by atoms with Gasteiger partial charge in [-0.1, -0.05) is 0 Å². The van der Waals surface area contributed by atoms with Crippen molar-refractivity contribution in [1.82, 2.24) is 19.9 Å². The Morgan fingerprint density at radius 2 is 1.89 bits per heavy atom. The van der Waals surface area contributed by atoms with E-state index in [1.165, 1.54) is 42.1 Å². The number of anilines is 1. The highest BCUT2D eigenvalue weighted by Crippen LogP contribution is 2.22. The molecule has 1 aliphatic rings. The number of aromatic nitrogens is 3. The molecule has 5 rings (SSSR count). The van der Waals surface area contributed by atoms with E-state index in [2.05, 4.69) is 20.6 Å². The van der Waals surface area contributed by atoms with Gasteiger partial charge in [0, 0.05) is 35.7 Å². The monoisotopic (exact) mass is 495 g/mol. The van der Waals surface area contributed by atoms with E-state index in [4.69, 9.17) is 0 Å². The fourth-order valence-corrected chi connectivity index (χ4v) is 4.27. The van der Waals surface area contributed by atoms with Gasteiger partial charge in [-0.05, 0) is 48.7 Å². The molecule has 0 radical (unpaired) electrons. The second-order valence-electron chi connectivity index (χ2n) is 8.26. The summed E-state index contributed by atoms with van der Waals surface area (Å²) in [6, 6.07) is 6.50. The highest BCUT2D eigenvalue weighted by atomic mass is 32.1. The molecule has 0 bridgehead atoms. The number of amides is 2. The van der Waals surface area contributed by atoms with E-state index in [0.29, 0.717) is 16.2 Å². The van der Waals surface area contributed by atoms with Crippen LogP contribution >= 0.6 is 11.3 Å². The zero-order chi connectivity index (χ0) is 24.5. The van der Waals surface area contributed by atoms with Crippen LogP contribution in [0.4, 0.5) is 13.9 Å². The maximum Gasteiger partial charge on any atom is 0.261 e. The first-order valence-electron chi connectivity index (χ1n) is 10.8. The number of carbonyl (C=O) groups is 2. The van der Waals surface area contributed by atoms with Crippen LogP contribution in [0.5, 0.6) is 0 Å². The zero-order valence-electron chi connectivity index (χ0n) is 18.2. The van der Waals surface area contributed by atoms with Crippen LogP contribution in [-0.4, -0.2) is 32.4 Å². The standard InChI is InChI=1S/C24H19F2N5O3S/c25-15-7-13(8-16(26)11-15)9-20(22(33)30-24-27-5-6-35-24)31-12-28-19-10-14(1-4-18(19)23(31)34)21(32)29-17-2-3-17/h1,4-8,10-12,17,20H,2-3,9H2,(H,29,32)(H,27,30,33). The maximum atomic E-state index is 13.8. The Labute approximate surface area is 201 Å². The predicted molar refractivity (Wildman–Crippen MR) is 126 cm³/mol. The first-order valence-corrected chi connectivity index (χ1v) is 11.7. The normalized spacial score (nSPS) is 14.0. The van der Waals surface area contributed by atoms with Crippen LogP contribution in [0.3, 0.4) is 0 Å². The molecule has 2 aromatic carbocycles. The van der Waals surface area contributed by atoms with Crippen molar-refractivity contribution in [3.63, 3.8) is 0 Å². The third kappa shape index (κ3) is 5.09. The summed E-state index contributed by atoms with van der Waals surface area (Å²) in [5.74, 6) is -2.41. The Hall–Kier alpha value is -3.99. The first kappa shape index (κ1) is 22.8. The van der Waals surface area contributed by atoms with E-state index in [1.807, 2.05) is 0 Å². The molecule has 0 aliphatic heterocycles. The molecule has 2 aromatic heterocycles.